The number of aryl methyl sites for hydroxylation is 1. The highest BCUT2D eigenvalue weighted by atomic mass is 32.1. The second kappa shape index (κ2) is 6.96. The Bertz CT molecular complexity index is 738. The number of ether oxygens (including phenoxy) is 1. The van der Waals surface area contributed by atoms with Crippen LogP contribution in [0.15, 0.2) is 24.5 Å². The van der Waals surface area contributed by atoms with E-state index in [0.29, 0.717) is 15.7 Å². The molecule has 0 aliphatic heterocycles. The highest BCUT2D eigenvalue weighted by Crippen LogP contribution is 2.27. The maximum Gasteiger partial charge on any atom is 0.412 e. The second-order valence-corrected chi connectivity index (χ2v) is 7.31. The lowest BCUT2D eigenvalue weighted by Crippen LogP contribution is -2.29. The van der Waals surface area contributed by atoms with Crippen LogP contribution in [0.3, 0.4) is 0 Å². The van der Waals surface area contributed by atoms with Crippen molar-refractivity contribution in [2.24, 2.45) is 0 Å². The largest absolute Gasteiger partial charge is 0.444 e. The minimum atomic E-state index is -0.623. The first-order valence-electron chi connectivity index (χ1n) is 7.33. The van der Waals surface area contributed by atoms with E-state index in [1.807, 2.05) is 0 Å². The third-order valence-electron chi connectivity index (χ3n) is 2.91. The summed E-state index contributed by atoms with van der Waals surface area (Å²) in [6.45, 7) is 7.09. The van der Waals surface area contributed by atoms with E-state index in [9.17, 15) is 9.59 Å². The van der Waals surface area contributed by atoms with Gasteiger partial charge in [-0.3, -0.25) is 15.1 Å². The Morgan fingerprint density at radius 1 is 1.25 bits per heavy atom. The number of nitrogens with zero attached hydrogens (tertiary/aromatic N) is 3. The van der Waals surface area contributed by atoms with Crippen LogP contribution in [0.2, 0.25) is 0 Å². The van der Waals surface area contributed by atoms with Crippen molar-refractivity contribution in [2.45, 2.75) is 33.3 Å². The lowest BCUT2D eigenvalue weighted by molar-refractivity contribution is 0.0636. The van der Waals surface area contributed by atoms with E-state index >= 15 is 0 Å². The average molecular weight is 348 g/mol. The number of pyridine rings is 1. The molecule has 0 atom stereocenters. The topological polar surface area (TPSA) is 84.4 Å². The highest BCUT2D eigenvalue weighted by molar-refractivity contribution is 7.16. The minimum Gasteiger partial charge on any atom is -0.444 e. The molecule has 0 radical (unpaired) electrons. The van der Waals surface area contributed by atoms with Crippen molar-refractivity contribution >= 4 is 34.0 Å². The van der Waals surface area contributed by atoms with Crippen molar-refractivity contribution in [3.05, 3.63) is 35.2 Å². The van der Waals surface area contributed by atoms with E-state index in [1.54, 1.807) is 59.3 Å². The minimum absolute atomic E-state index is 0.183. The molecule has 0 saturated carbocycles. The standard InChI is InChI=1S/C16H20N4O3S/c1-10-18-12(13(24-10)19-15(22)23-16(2,3)4)14(21)20(5)11-6-8-17-9-7-11/h6-9H,1-5H3,(H,19,22). The van der Waals surface area contributed by atoms with Crippen LogP contribution in [0.1, 0.15) is 36.3 Å². The molecule has 24 heavy (non-hydrogen) atoms. The summed E-state index contributed by atoms with van der Waals surface area (Å²) >= 11 is 1.23. The Hall–Kier alpha value is -2.48. The number of hydrogen-bond acceptors (Lipinski definition) is 6. The van der Waals surface area contributed by atoms with Crippen molar-refractivity contribution in [2.75, 3.05) is 17.3 Å². The van der Waals surface area contributed by atoms with Gasteiger partial charge < -0.3 is 9.64 Å². The van der Waals surface area contributed by atoms with E-state index in [0.717, 1.165) is 0 Å². The predicted molar refractivity (Wildman–Crippen MR) is 93.7 cm³/mol. The van der Waals surface area contributed by atoms with E-state index in [-0.39, 0.29) is 11.6 Å². The molecule has 0 spiro atoms. The summed E-state index contributed by atoms with van der Waals surface area (Å²) in [6.07, 6.45) is 2.59. The van der Waals surface area contributed by atoms with Gasteiger partial charge in [-0.2, -0.15) is 0 Å². The normalized spacial score (nSPS) is 11.0. The van der Waals surface area contributed by atoms with Crippen LogP contribution in [-0.2, 0) is 4.74 Å². The van der Waals surface area contributed by atoms with Gasteiger partial charge in [-0.05, 0) is 39.8 Å². The Labute approximate surface area is 144 Å². The van der Waals surface area contributed by atoms with E-state index in [1.165, 1.54) is 16.2 Å². The molecule has 2 rings (SSSR count). The van der Waals surface area contributed by atoms with Crippen molar-refractivity contribution in [1.29, 1.82) is 0 Å². The van der Waals surface area contributed by atoms with Gasteiger partial charge in [0.25, 0.3) is 5.91 Å². The van der Waals surface area contributed by atoms with Crippen LogP contribution >= 0.6 is 11.3 Å². The number of amides is 2. The number of carbonyl (C=O) groups is 2. The van der Waals surface area contributed by atoms with Crippen LogP contribution < -0.4 is 10.2 Å². The molecule has 7 nitrogen and oxygen atoms in total. The average Bonchev–Trinajstić information content (AvgIpc) is 2.85. The fraction of sp³-hybridized carbons (Fsp3) is 0.375. The summed E-state index contributed by atoms with van der Waals surface area (Å²) in [5.74, 6) is -0.323. The molecule has 8 heteroatoms. The monoisotopic (exact) mass is 348 g/mol. The summed E-state index contributed by atoms with van der Waals surface area (Å²) < 4.78 is 5.23. The van der Waals surface area contributed by atoms with Crippen LogP contribution in [0.25, 0.3) is 0 Å². The Morgan fingerprint density at radius 2 is 1.88 bits per heavy atom. The molecule has 0 saturated heterocycles. The van der Waals surface area contributed by atoms with Gasteiger partial charge in [0.05, 0.1) is 5.01 Å². The summed E-state index contributed by atoms with van der Waals surface area (Å²) in [5.41, 5.74) is 0.244. The maximum absolute atomic E-state index is 12.7. The molecular formula is C16H20N4O3S. The number of anilines is 2. The van der Waals surface area contributed by atoms with Crippen molar-refractivity contribution in [1.82, 2.24) is 9.97 Å². The first kappa shape index (κ1) is 17.9. The number of rotatable bonds is 3. The number of nitrogens with one attached hydrogen (secondary N) is 1. The van der Waals surface area contributed by atoms with Gasteiger partial charge in [-0.1, -0.05) is 0 Å². The van der Waals surface area contributed by atoms with Gasteiger partial charge in [-0.15, -0.1) is 11.3 Å². The molecule has 128 valence electrons. The molecule has 2 aromatic heterocycles. The van der Waals surface area contributed by atoms with Gasteiger partial charge in [0.1, 0.15) is 10.6 Å². The Morgan fingerprint density at radius 3 is 2.46 bits per heavy atom. The first-order valence-corrected chi connectivity index (χ1v) is 8.14. The zero-order chi connectivity index (χ0) is 17.9. The number of thiazole rings is 1. The molecule has 1 N–H and O–H groups in total. The second-order valence-electron chi connectivity index (χ2n) is 6.11. The molecule has 2 aromatic rings. The van der Waals surface area contributed by atoms with Crippen LogP contribution in [0.4, 0.5) is 15.5 Å². The maximum atomic E-state index is 12.7. The molecule has 0 bridgehead atoms. The van der Waals surface area contributed by atoms with Gasteiger partial charge in [-0.25, -0.2) is 9.78 Å². The van der Waals surface area contributed by atoms with Crippen LogP contribution in [0.5, 0.6) is 0 Å². The lowest BCUT2D eigenvalue weighted by atomic mass is 10.2. The summed E-state index contributed by atoms with van der Waals surface area (Å²) in [7, 11) is 1.64. The molecular weight excluding hydrogens is 328 g/mol. The van der Waals surface area contributed by atoms with Crippen molar-refractivity contribution in [3.8, 4) is 0 Å². The van der Waals surface area contributed by atoms with E-state index < -0.39 is 11.7 Å². The quantitative estimate of drug-likeness (QED) is 0.918. The lowest BCUT2D eigenvalue weighted by Gasteiger charge is -2.20. The number of carbonyl (C=O) groups excluding carboxylic acids is 2. The van der Waals surface area contributed by atoms with Gasteiger partial charge in [0, 0.05) is 25.1 Å². The van der Waals surface area contributed by atoms with Crippen molar-refractivity contribution < 1.29 is 14.3 Å². The molecule has 0 aliphatic carbocycles. The predicted octanol–water partition coefficient (Wildman–Crippen LogP) is 3.47. The van der Waals surface area contributed by atoms with Crippen LogP contribution in [-0.4, -0.2) is 34.6 Å². The third-order valence-corrected chi connectivity index (χ3v) is 3.79. The molecule has 2 heterocycles. The number of hydrogen-bond donors (Lipinski definition) is 1. The summed E-state index contributed by atoms with van der Waals surface area (Å²) in [6, 6.07) is 3.44. The molecule has 0 aliphatic rings. The van der Waals surface area contributed by atoms with E-state index in [2.05, 4.69) is 15.3 Å². The smallest absolute Gasteiger partial charge is 0.412 e. The zero-order valence-corrected chi connectivity index (χ0v) is 15.1. The Kier molecular flexibility index (Phi) is 5.18. The fourth-order valence-electron chi connectivity index (χ4n) is 1.90. The number of aromatic nitrogens is 2. The molecule has 0 fully saturated rings. The Balaban J connectivity index is 2.22. The van der Waals surface area contributed by atoms with Crippen molar-refractivity contribution in [3.63, 3.8) is 0 Å². The first-order chi connectivity index (χ1) is 11.2. The van der Waals surface area contributed by atoms with Gasteiger partial charge in [0.2, 0.25) is 0 Å². The van der Waals surface area contributed by atoms with Gasteiger partial charge in [0.15, 0.2) is 5.69 Å². The zero-order valence-electron chi connectivity index (χ0n) is 14.3. The van der Waals surface area contributed by atoms with E-state index in [4.69, 9.17) is 4.74 Å². The molecule has 0 unspecified atom stereocenters. The molecule has 2 amide bonds. The molecule has 0 aromatic carbocycles. The summed E-state index contributed by atoms with van der Waals surface area (Å²) in [5, 5.41) is 3.65. The van der Waals surface area contributed by atoms with Gasteiger partial charge >= 0.3 is 6.09 Å². The summed E-state index contributed by atoms with van der Waals surface area (Å²) in [4.78, 5) is 34.3. The fourth-order valence-corrected chi connectivity index (χ4v) is 2.69. The highest BCUT2D eigenvalue weighted by Gasteiger charge is 2.24. The third kappa shape index (κ3) is 4.51. The van der Waals surface area contributed by atoms with Crippen LogP contribution in [0, 0.1) is 6.92 Å². The SMILES string of the molecule is Cc1nc(C(=O)N(C)c2ccncc2)c(NC(=O)OC(C)(C)C)s1.